The number of halogens is 1. The van der Waals surface area contributed by atoms with E-state index in [0.717, 1.165) is 24.0 Å². The Bertz CT molecular complexity index is 834. The van der Waals surface area contributed by atoms with E-state index >= 15 is 0 Å². The van der Waals surface area contributed by atoms with Gasteiger partial charge in [0, 0.05) is 25.2 Å². The van der Waals surface area contributed by atoms with Crippen molar-refractivity contribution in [2.24, 2.45) is 5.41 Å². The van der Waals surface area contributed by atoms with Crippen LogP contribution < -0.4 is 5.32 Å². The molecule has 0 bridgehead atoms. The number of piperidine rings is 1. The van der Waals surface area contributed by atoms with Gasteiger partial charge in [-0.2, -0.15) is 0 Å². The third-order valence-electron chi connectivity index (χ3n) is 5.32. The van der Waals surface area contributed by atoms with E-state index in [1.807, 2.05) is 38.1 Å². The third-order valence-corrected chi connectivity index (χ3v) is 5.32. The number of hydrogen-bond donors (Lipinski definition) is 1. The molecule has 1 aliphatic heterocycles. The second kappa shape index (κ2) is 7.91. The Morgan fingerprint density at radius 2 is 1.85 bits per heavy atom. The first-order valence-electron chi connectivity index (χ1n) is 9.27. The first-order valence-corrected chi connectivity index (χ1v) is 9.27. The highest BCUT2D eigenvalue weighted by atomic mass is 19.1. The Labute approximate surface area is 159 Å². The van der Waals surface area contributed by atoms with Crippen molar-refractivity contribution in [3.05, 3.63) is 71.0 Å². The second-order valence-corrected chi connectivity index (χ2v) is 7.51. The maximum Gasteiger partial charge on any atom is 0.253 e. The van der Waals surface area contributed by atoms with E-state index < -0.39 is 5.41 Å². The molecule has 3 rings (SSSR count). The van der Waals surface area contributed by atoms with E-state index in [0.29, 0.717) is 25.2 Å². The molecular formula is C22H25FN2O2. The molecule has 1 heterocycles. The van der Waals surface area contributed by atoms with Gasteiger partial charge in [-0.05, 0) is 62.1 Å². The summed E-state index contributed by atoms with van der Waals surface area (Å²) in [5, 5.41) is 3.03. The van der Waals surface area contributed by atoms with Crippen molar-refractivity contribution < 1.29 is 14.0 Å². The molecule has 27 heavy (non-hydrogen) atoms. The number of aryl methyl sites for hydroxylation is 1. The minimum Gasteiger partial charge on any atom is -0.351 e. The molecule has 1 atom stereocenters. The lowest BCUT2D eigenvalue weighted by Crippen LogP contribution is -2.51. The third kappa shape index (κ3) is 4.35. The fraction of sp³-hybridized carbons (Fsp3) is 0.364. The predicted molar refractivity (Wildman–Crippen MR) is 103 cm³/mol. The first kappa shape index (κ1) is 19.1. The summed E-state index contributed by atoms with van der Waals surface area (Å²) in [6.07, 6.45) is 1.50. The summed E-state index contributed by atoms with van der Waals surface area (Å²) in [6.45, 7) is 5.38. The molecule has 0 saturated carbocycles. The predicted octanol–water partition coefficient (Wildman–Crippen LogP) is 3.69. The maximum atomic E-state index is 13.1. The van der Waals surface area contributed by atoms with E-state index in [-0.39, 0.29) is 17.6 Å². The van der Waals surface area contributed by atoms with Gasteiger partial charge < -0.3 is 10.2 Å². The summed E-state index contributed by atoms with van der Waals surface area (Å²) in [7, 11) is 0. The molecule has 142 valence electrons. The second-order valence-electron chi connectivity index (χ2n) is 7.51. The quantitative estimate of drug-likeness (QED) is 0.895. The number of amides is 2. The molecule has 0 spiro atoms. The summed E-state index contributed by atoms with van der Waals surface area (Å²) in [5.41, 5.74) is 2.04. The molecule has 2 aromatic carbocycles. The van der Waals surface area contributed by atoms with Crippen LogP contribution in [0.25, 0.3) is 0 Å². The molecule has 1 saturated heterocycles. The van der Waals surface area contributed by atoms with Crippen LogP contribution in [0.3, 0.4) is 0 Å². The van der Waals surface area contributed by atoms with Crippen LogP contribution in [0.5, 0.6) is 0 Å². The van der Waals surface area contributed by atoms with Crippen molar-refractivity contribution in [2.75, 3.05) is 13.1 Å². The van der Waals surface area contributed by atoms with Crippen LogP contribution in [-0.2, 0) is 11.3 Å². The van der Waals surface area contributed by atoms with Gasteiger partial charge in [0.05, 0.1) is 5.41 Å². The Morgan fingerprint density at radius 1 is 1.15 bits per heavy atom. The Kier molecular flexibility index (Phi) is 5.59. The molecule has 1 unspecified atom stereocenters. The van der Waals surface area contributed by atoms with Gasteiger partial charge in [-0.15, -0.1) is 0 Å². The standard InChI is InChI=1S/C22H25FN2O2/c1-16-6-3-4-7-18(16)14-24-21(27)22(2)12-5-13-25(15-22)20(26)17-8-10-19(23)11-9-17/h3-4,6-11H,5,12-15H2,1-2H3,(H,24,27). The van der Waals surface area contributed by atoms with E-state index in [1.54, 1.807) is 4.90 Å². The Hall–Kier alpha value is -2.69. The van der Waals surface area contributed by atoms with Gasteiger partial charge in [0.1, 0.15) is 5.82 Å². The van der Waals surface area contributed by atoms with Crippen molar-refractivity contribution in [3.63, 3.8) is 0 Å². The van der Waals surface area contributed by atoms with Crippen LogP contribution >= 0.6 is 0 Å². The number of nitrogens with zero attached hydrogens (tertiary/aromatic N) is 1. The van der Waals surface area contributed by atoms with Gasteiger partial charge in [0.2, 0.25) is 5.91 Å². The molecule has 2 aromatic rings. The van der Waals surface area contributed by atoms with Crippen molar-refractivity contribution in [2.45, 2.75) is 33.2 Å². The normalized spacial score (nSPS) is 19.6. The number of nitrogens with one attached hydrogen (secondary N) is 1. The van der Waals surface area contributed by atoms with E-state index in [1.165, 1.54) is 24.3 Å². The number of benzene rings is 2. The zero-order valence-corrected chi connectivity index (χ0v) is 15.8. The number of likely N-dealkylation sites (tertiary alicyclic amines) is 1. The average molecular weight is 368 g/mol. The first-order chi connectivity index (χ1) is 12.9. The summed E-state index contributed by atoms with van der Waals surface area (Å²) < 4.78 is 13.1. The van der Waals surface area contributed by atoms with Crippen LogP contribution in [0.4, 0.5) is 4.39 Å². The monoisotopic (exact) mass is 368 g/mol. The van der Waals surface area contributed by atoms with Gasteiger partial charge in [-0.25, -0.2) is 4.39 Å². The minimum absolute atomic E-state index is 0.0395. The fourth-order valence-electron chi connectivity index (χ4n) is 3.57. The topological polar surface area (TPSA) is 49.4 Å². The van der Waals surface area contributed by atoms with E-state index in [2.05, 4.69) is 5.32 Å². The van der Waals surface area contributed by atoms with Crippen LogP contribution in [0.15, 0.2) is 48.5 Å². The smallest absolute Gasteiger partial charge is 0.253 e. The molecule has 0 aromatic heterocycles. The SMILES string of the molecule is Cc1ccccc1CNC(=O)C1(C)CCCN(C(=O)c2ccc(F)cc2)C1. The molecule has 0 radical (unpaired) electrons. The molecule has 5 heteroatoms. The van der Waals surface area contributed by atoms with Gasteiger partial charge in [-0.1, -0.05) is 24.3 Å². The summed E-state index contributed by atoms with van der Waals surface area (Å²) in [4.78, 5) is 27.3. The molecule has 1 N–H and O–H groups in total. The molecule has 2 amide bonds. The van der Waals surface area contributed by atoms with Crippen molar-refractivity contribution in [3.8, 4) is 0 Å². The lowest BCUT2D eigenvalue weighted by molar-refractivity contribution is -0.132. The number of carbonyl (C=O) groups is 2. The Balaban J connectivity index is 1.66. The maximum absolute atomic E-state index is 13.1. The molecule has 0 aliphatic carbocycles. The van der Waals surface area contributed by atoms with E-state index in [9.17, 15) is 14.0 Å². The number of carbonyl (C=O) groups excluding carboxylic acids is 2. The molecule has 1 aliphatic rings. The van der Waals surface area contributed by atoms with Gasteiger partial charge in [0.25, 0.3) is 5.91 Å². The highest BCUT2D eigenvalue weighted by Crippen LogP contribution is 2.30. The van der Waals surface area contributed by atoms with E-state index in [4.69, 9.17) is 0 Å². The lowest BCUT2D eigenvalue weighted by Gasteiger charge is -2.39. The Morgan fingerprint density at radius 3 is 2.56 bits per heavy atom. The van der Waals surface area contributed by atoms with Crippen molar-refractivity contribution in [1.29, 1.82) is 0 Å². The minimum atomic E-state index is -0.628. The number of hydrogen-bond acceptors (Lipinski definition) is 2. The summed E-state index contributed by atoms with van der Waals surface area (Å²) >= 11 is 0. The fourth-order valence-corrected chi connectivity index (χ4v) is 3.57. The molecule has 4 nitrogen and oxygen atoms in total. The van der Waals surface area contributed by atoms with Crippen LogP contribution in [0.2, 0.25) is 0 Å². The zero-order chi connectivity index (χ0) is 19.4. The highest BCUT2D eigenvalue weighted by molar-refractivity contribution is 5.95. The summed E-state index contributed by atoms with van der Waals surface area (Å²) in [6, 6.07) is 13.5. The van der Waals surface area contributed by atoms with Crippen LogP contribution in [-0.4, -0.2) is 29.8 Å². The van der Waals surface area contributed by atoms with Crippen LogP contribution in [0.1, 0.15) is 41.3 Å². The highest BCUT2D eigenvalue weighted by Gasteiger charge is 2.39. The lowest BCUT2D eigenvalue weighted by atomic mass is 9.80. The largest absolute Gasteiger partial charge is 0.351 e. The summed E-state index contributed by atoms with van der Waals surface area (Å²) in [5.74, 6) is -0.569. The number of rotatable bonds is 4. The van der Waals surface area contributed by atoms with Crippen LogP contribution in [0, 0.1) is 18.2 Å². The zero-order valence-electron chi connectivity index (χ0n) is 15.8. The molecular weight excluding hydrogens is 343 g/mol. The van der Waals surface area contributed by atoms with Gasteiger partial charge >= 0.3 is 0 Å². The average Bonchev–Trinajstić information content (AvgIpc) is 2.67. The van der Waals surface area contributed by atoms with Crippen molar-refractivity contribution in [1.82, 2.24) is 10.2 Å². The van der Waals surface area contributed by atoms with Crippen molar-refractivity contribution >= 4 is 11.8 Å². The molecule has 1 fully saturated rings. The van der Waals surface area contributed by atoms with Gasteiger partial charge in [-0.3, -0.25) is 9.59 Å². The van der Waals surface area contributed by atoms with Gasteiger partial charge in [0.15, 0.2) is 0 Å².